The van der Waals surface area contributed by atoms with Gasteiger partial charge >= 0.3 is 5.97 Å². The lowest BCUT2D eigenvalue weighted by molar-refractivity contribution is 0.0599. The molecular weight excluding hydrogens is 298 g/mol. The standard InChI is InChI=1S/C16H21N3O4/c1-4-11-13(16(21)22-3)9(2)14(18-11)15(20)19-12(7-17)10-5-6-23-8-10/h10,12,18H,4-6,8H2,1-3H3,(H,19,20)/t10-,12-/m0/s1. The number of nitrogens with zero attached hydrogens (tertiary/aromatic N) is 1. The molecule has 0 bridgehead atoms. The summed E-state index contributed by atoms with van der Waals surface area (Å²) in [6, 6.07) is 1.50. The lowest BCUT2D eigenvalue weighted by Gasteiger charge is -2.16. The Hall–Kier alpha value is -2.33. The monoisotopic (exact) mass is 319 g/mol. The maximum atomic E-state index is 12.5. The first-order valence-electron chi connectivity index (χ1n) is 7.61. The highest BCUT2D eigenvalue weighted by Gasteiger charge is 2.29. The average Bonchev–Trinajstić information content (AvgIpc) is 3.19. The predicted octanol–water partition coefficient (Wildman–Crippen LogP) is 1.33. The van der Waals surface area contributed by atoms with E-state index < -0.39 is 17.9 Å². The fourth-order valence-corrected chi connectivity index (χ4v) is 2.81. The van der Waals surface area contributed by atoms with Gasteiger partial charge in [-0.2, -0.15) is 5.26 Å². The summed E-state index contributed by atoms with van der Waals surface area (Å²) in [6.45, 7) is 4.65. The molecule has 7 heteroatoms. The third-order valence-electron chi connectivity index (χ3n) is 4.16. The molecule has 2 rings (SSSR count). The second kappa shape index (κ2) is 7.29. The van der Waals surface area contributed by atoms with Gasteiger partial charge in [0.15, 0.2) is 0 Å². The van der Waals surface area contributed by atoms with E-state index in [2.05, 4.69) is 16.4 Å². The van der Waals surface area contributed by atoms with Crippen LogP contribution in [0.15, 0.2) is 0 Å². The minimum atomic E-state index is -0.612. The van der Waals surface area contributed by atoms with Gasteiger partial charge < -0.3 is 19.8 Å². The fourth-order valence-electron chi connectivity index (χ4n) is 2.81. The van der Waals surface area contributed by atoms with Gasteiger partial charge in [0.25, 0.3) is 5.91 Å². The summed E-state index contributed by atoms with van der Waals surface area (Å²) < 4.78 is 10.0. The summed E-state index contributed by atoms with van der Waals surface area (Å²) in [5.74, 6) is -0.883. The molecule has 0 unspecified atom stereocenters. The smallest absolute Gasteiger partial charge is 0.339 e. The Morgan fingerprint density at radius 1 is 1.57 bits per heavy atom. The number of aromatic amines is 1. The Labute approximate surface area is 135 Å². The quantitative estimate of drug-likeness (QED) is 0.797. The number of nitrogens with one attached hydrogen (secondary N) is 2. The Kier molecular flexibility index (Phi) is 5.40. The van der Waals surface area contributed by atoms with E-state index in [4.69, 9.17) is 9.47 Å². The van der Waals surface area contributed by atoms with E-state index in [9.17, 15) is 14.9 Å². The lowest BCUT2D eigenvalue weighted by Crippen LogP contribution is -2.40. The van der Waals surface area contributed by atoms with Gasteiger partial charge in [0, 0.05) is 18.2 Å². The van der Waals surface area contributed by atoms with Crippen molar-refractivity contribution in [3.63, 3.8) is 0 Å². The summed E-state index contributed by atoms with van der Waals surface area (Å²) in [4.78, 5) is 27.4. The number of methoxy groups -OCH3 is 1. The highest BCUT2D eigenvalue weighted by Crippen LogP contribution is 2.21. The zero-order chi connectivity index (χ0) is 17.0. The molecule has 1 saturated heterocycles. The summed E-state index contributed by atoms with van der Waals surface area (Å²) in [7, 11) is 1.31. The van der Waals surface area contributed by atoms with Crippen LogP contribution in [0.1, 0.15) is 45.4 Å². The van der Waals surface area contributed by atoms with Crippen molar-refractivity contribution in [3.8, 4) is 6.07 Å². The Morgan fingerprint density at radius 2 is 2.30 bits per heavy atom. The number of amides is 1. The van der Waals surface area contributed by atoms with Crippen molar-refractivity contribution in [1.29, 1.82) is 5.26 Å². The van der Waals surface area contributed by atoms with E-state index in [0.29, 0.717) is 42.1 Å². The summed E-state index contributed by atoms with van der Waals surface area (Å²) in [5.41, 5.74) is 1.86. The first-order chi connectivity index (χ1) is 11.0. The molecule has 0 radical (unpaired) electrons. The van der Waals surface area contributed by atoms with Crippen molar-refractivity contribution in [3.05, 3.63) is 22.5 Å². The van der Waals surface area contributed by atoms with Crippen molar-refractivity contribution in [2.24, 2.45) is 5.92 Å². The number of carbonyl (C=O) groups excluding carboxylic acids is 2. The van der Waals surface area contributed by atoms with E-state index >= 15 is 0 Å². The van der Waals surface area contributed by atoms with Crippen molar-refractivity contribution >= 4 is 11.9 Å². The van der Waals surface area contributed by atoms with Gasteiger partial charge in [-0.3, -0.25) is 4.79 Å². The van der Waals surface area contributed by atoms with E-state index in [-0.39, 0.29) is 5.92 Å². The van der Waals surface area contributed by atoms with E-state index in [1.807, 2.05) is 6.92 Å². The van der Waals surface area contributed by atoms with Crippen LogP contribution in [0.5, 0.6) is 0 Å². The minimum absolute atomic E-state index is 0.00931. The topological polar surface area (TPSA) is 104 Å². The Balaban J connectivity index is 2.23. The van der Waals surface area contributed by atoms with E-state index in [1.54, 1.807) is 6.92 Å². The Bertz CT molecular complexity index is 638. The summed E-state index contributed by atoms with van der Waals surface area (Å²) >= 11 is 0. The fraction of sp³-hybridized carbons (Fsp3) is 0.562. The molecule has 2 heterocycles. The summed E-state index contributed by atoms with van der Waals surface area (Å²) in [6.07, 6.45) is 1.31. The van der Waals surface area contributed by atoms with E-state index in [1.165, 1.54) is 7.11 Å². The van der Waals surface area contributed by atoms with Crippen LogP contribution in [0.4, 0.5) is 0 Å². The minimum Gasteiger partial charge on any atom is -0.465 e. The molecule has 1 aromatic heterocycles. The number of esters is 1. The second-order valence-corrected chi connectivity index (χ2v) is 5.53. The molecule has 1 fully saturated rings. The highest BCUT2D eigenvalue weighted by atomic mass is 16.5. The number of H-pyrrole nitrogens is 1. The van der Waals surface area contributed by atoms with Gasteiger partial charge in [-0.05, 0) is 25.3 Å². The molecule has 0 saturated carbocycles. The number of aryl methyl sites for hydroxylation is 1. The van der Waals surface area contributed by atoms with Gasteiger partial charge in [-0.1, -0.05) is 6.92 Å². The van der Waals surface area contributed by atoms with Gasteiger partial charge in [-0.25, -0.2) is 4.79 Å². The van der Waals surface area contributed by atoms with Gasteiger partial charge in [0.2, 0.25) is 0 Å². The zero-order valence-corrected chi connectivity index (χ0v) is 13.6. The van der Waals surface area contributed by atoms with Crippen LogP contribution >= 0.6 is 0 Å². The molecule has 2 N–H and O–H groups in total. The molecule has 1 aliphatic rings. The number of aromatic nitrogens is 1. The molecule has 1 aliphatic heterocycles. The molecule has 7 nitrogen and oxygen atoms in total. The van der Waals surface area contributed by atoms with Crippen LogP contribution in [-0.2, 0) is 15.9 Å². The van der Waals surface area contributed by atoms with Gasteiger partial charge in [0.1, 0.15) is 11.7 Å². The van der Waals surface area contributed by atoms with Gasteiger partial charge in [0.05, 0.1) is 25.3 Å². The number of hydrogen-bond acceptors (Lipinski definition) is 5. The first-order valence-corrected chi connectivity index (χ1v) is 7.61. The van der Waals surface area contributed by atoms with Crippen molar-refractivity contribution < 1.29 is 19.1 Å². The van der Waals surface area contributed by atoms with Crippen molar-refractivity contribution in [2.75, 3.05) is 20.3 Å². The Morgan fingerprint density at radius 3 is 2.83 bits per heavy atom. The number of nitriles is 1. The summed E-state index contributed by atoms with van der Waals surface area (Å²) in [5, 5.41) is 12.0. The van der Waals surface area contributed by atoms with Crippen LogP contribution in [-0.4, -0.2) is 43.2 Å². The molecule has 0 aliphatic carbocycles. The van der Waals surface area contributed by atoms with E-state index in [0.717, 1.165) is 6.42 Å². The highest BCUT2D eigenvalue weighted by molar-refractivity contribution is 6.00. The number of rotatable bonds is 5. The number of carbonyl (C=O) groups is 2. The number of hydrogen-bond donors (Lipinski definition) is 2. The maximum absolute atomic E-state index is 12.5. The van der Waals surface area contributed by atoms with Crippen molar-refractivity contribution in [1.82, 2.24) is 10.3 Å². The molecule has 0 aromatic carbocycles. The van der Waals surface area contributed by atoms with Crippen molar-refractivity contribution in [2.45, 2.75) is 32.7 Å². The maximum Gasteiger partial charge on any atom is 0.339 e. The lowest BCUT2D eigenvalue weighted by atomic mass is 10.00. The SMILES string of the molecule is CCc1[nH]c(C(=O)N[C@@H](C#N)[C@H]2CCOC2)c(C)c1C(=O)OC. The largest absolute Gasteiger partial charge is 0.465 e. The second-order valence-electron chi connectivity index (χ2n) is 5.53. The van der Waals surface area contributed by atoms with Crippen LogP contribution < -0.4 is 5.32 Å². The van der Waals surface area contributed by atoms with Gasteiger partial charge in [-0.15, -0.1) is 0 Å². The molecule has 2 atom stereocenters. The van der Waals surface area contributed by atoms with Crippen LogP contribution in [0.2, 0.25) is 0 Å². The third kappa shape index (κ3) is 3.37. The average molecular weight is 319 g/mol. The molecule has 1 aromatic rings. The predicted molar refractivity (Wildman–Crippen MR) is 82.0 cm³/mol. The third-order valence-corrected chi connectivity index (χ3v) is 4.16. The van der Waals surface area contributed by atoms with Crippen LogP contribution in [0, 0.1) is 24.2 Å². The number of ether oxygens (including phenoxy) is 2. The zero-order valence-electron chi connectivity index (χ0n) is 13.6. The van der Waals surface area contributed by atoms with Crippen LogP contribution in [0.25, 0.3) is 0 Å². The first kappa shape index (κ1) is 17.0. The molecule has 23 heavy (non-hydrogen) atoms. The molecule has 124 valence electrons. The molecular formula is C16H21N3O4. The normalized spacial score (nSPS) is 18.3. The molecule has 0 spiro atoms. The molecule has 1 amide bonds. The van der Waals surface area contributed by atoms with Crippen LogP contribution in [0.3, 0.4) is 0 Å².